The largest absolute Gasteiger partial charge is 0.495 e. The van der Waals surface area contributed by atoms with Crippen LogP contribution in [0.3, 0.4) is 0 Å². The van der Waals surface area contributed by atoms with Crippen LogP contribution in [0, 0.1) is 0 Å². The number of anilines is 2. The molecule has 1 heterocycles. The van der Waals surface area contributed by atoms with Gasteiger partial charge < -0.3 is 25.0 Å². The Hall–Kier alpha value is -3.32. The number of carbonyl (C=O) groups is 2. The molecule has 7 nitrogen and oxygen atoms in total. The van der Waals surface area contributed by atoms with Crippen molar-refractivity contribution in [3.63, 3.8) is 0 Å². The molecule has 0 saturated carbocycles. The monoisotopic (exact) mass is 395 g/mol. The molecule has 1 aliphatic heterocycles. The third kappa shape index (κ3) is 5.14. The second-order valence-electron chi connectivity index (χ2n) is 6.89. The normalized spacial score (nSPS) is 14.8. The molecule has 29 heavy (non-hydrogen) atoms. The van der Waals surface area contributed by atoms with Crippen molar-refractivity contribution in [3.05, 3.63) is 59.7 Å². The maximum atomic E-state index is 12.2. The first-order valence-corrected chi connectivity index (χ1v) is 9.41. The van der Waals surface area contributed by atoms with Gasteiger partial charge in [-0.25, -0.2) is 4.79 Å². The molecule has 0 aromatic heterocycles. The molecule has 2 aromatic carbocycles. The molecular weight excluding hydrogens is 370 g/mol. The molecule has 1 amide bonds. The first kappa shape index (κ1) is 20.4. The zero-order chi connectivity index (χ0) is 20.8. The molecule has 2 aromatic rings. The Bertz CT molecular complexity index is 918. The Kier molecular flexibility index (Phi) is 6.51. The number of carboxylic acid groups (broad SMARTS) is 1. The molecule has 0 aliphatic carbocycles. The molecule has 0 atom stereocenters. The third-order valence-electron chi connectivity index (χ3n) is 4.89. The maximum absolute atomic E-state index is 12.2. The van der Waals surface area contributed by atoms with Crippen LogP contribution in [-0.4, -0.2) is 62.2 Å². The molecule has 0 radical (unpaired) electrons. The maximum Gasteiger partial charge on any atom is 0.337 e. The molecule has 3 rings (SSSR count). The van der Waals surface area contributed by atoms with E-state index in [0.29, 0.717) is 0 Å². The van der Waals surface area contributed by atoms with Gasteiger partial charge in [0.25, 0.3) is 0 Å². The number of hydrogen-bond donors (Lipinski definition) is 2. The van der Waals surface area contributed by atoms with Gasteiger partial charge in [0.2, 0.25) is 5.91 Å². The number of aromatic carboxylic acids is 1. The van der Waals surface area contributed by atoms with E-state index in [4.69, 9.17) is 4.74 Å². The number of nitrogens with zero attached hydrogens (tertiary/aromatic N) is 2. The summed E-state index contributed by atoms with van der Waals surface area (Å²) in [5, 5.41) is 11.8. The average Bonchev–Trinajstić information content (AvgIpc) is 2.73. The van der Waals surface area contributed by atoms with Gasteiger partial charge in [-0.1, -0.05) is 18.2 Å². The SMILES string of the molecule is COc1cc(/C=C/C(=O)Nc2ccccc2C(=O)O)ccc1N1CCN(C)CC1. The van der Waals surface area contributed by atoms with Gasteiger partial charge in [0.05, 0.1) is 24.0 Å². The summed E-state index contributed by atoms with van der Waals surface area (Å²) < 4.78 is 5.56. The van der Waals surface area contributed by atoms with E-state index in [1.54, 1.807) is 31.4 Å². The summed E-state index contributed by atoms with van der Waals surface area (Å²) in [6.45, 7) is 3.88. The fourth-order valence-corrected chi connectivity index (χ4v) is 3.23. The van der Waals surface area contributed by atoms with Crippen LogP contribution in [0.15, 0.2) is 48.5 Å². The Morgan fingerprint density at radius 1 is 1.10 bits per heavy atom. The number of methoxy groups -OCH3 is 1. The van der Waals surface area contributed by atoms with Gasteiger partial charge >= 0.3 is 5.97 Å². The smallest absolute Gasteiger partial charge is 0.337 e. The summed E-state index contributed by atoms with van der Waals surface area (Å²) in [5.74, 6) is -0.733. The zero-order valence-electron chi connectivity index (χ0n) is 16.6. The number of para-hydroxylation sites is 1. The van der Waals surface area contributed by atoms with Crippen molar-refractivity contribution < 1.29 is 19.4 Å². The molecular formula is C22H25N3O4. The van der Waals surface area contributed by atoms with Crippen molar-refractivity contribution >= 4 is 29.3 Å². The summed E-state index contributed by atoms with van der Waals surface area (Å²) in [6.07, 6.45) is 3.05. The molecule has 7 heteroatoms. The second-order valence-corrected chi connectivity index (χ2v) is 6.89. The number of likely N-dealkylation sites (N-methyl/N-ethyl adjacent to an activating group) is 1. The van der Waals surface area contributed by atoms with E-state index in [1.165, 1.54) is 12.1 Å². The minimum absolute atomic E-state index is 0.0486. The molecule has 1 fully saturated rings. The van der Waals surface area contributed by atoms with Crippen LogP contribution >= 0.6 is 0 Å². The van der Waals surface area contributed by atoms with Crippen molar-refractivity contribution in [3.8, 4) is 5.75 Å². The topological polar surface area (TPSA) is 82.1 Å². The molecule has 2 N–H and O–H groups in total. The lowest BCUT2D eigenvalue weighted by Gasteiger charge is -2.34. The van der Waals surface area contributed by atoms with Gasteiger partial charge in [-0.3, -0.25) is 4.79 Å². The van der Waals surface area contributed by atoms with Crippen LogP contribution in [0.1, 0.15) is 15.9 Å². The van der Waals surface area contributed by atoms with E-state index >= 15 is 0 Å². The molecule has 152 valence electrons. The summed E-state index contributed by atoms with van der Waals surface area (Å²) in [7, 11) is 3.75. The predicted octanol–water partition coefficient (Wildman–Crippen LogP) is 2.80. The molecule has 1 saturated heterocycles. The highest BCUT2D eigenvalue weighted by atomic mass is 16.5. The van der Waals surface area contributed by atoms with Crippen LogP contribution < -0.4 is 15.0 Å². The van der Waals surface area contributed by atoms with Gasteiger partial charge in [0.15, 0.2) is 0 Å². The number of amides is 1. The predicted molar refractivity (Wildman–Crippen MR) is 114 cm³/mol. The van der Waals surface area contributed by atoms with Crippen molar-refractivity contribution in [1.29, 1.82) is 0 Å². The molecule has 0 bridgehead atoms. The standard InChI is InChI=1S/C22H25N3O4/c1-24-11-13-25(14-12-24)19-9-7-16(15-20(19)29-2)8-10-21(26)23-18-6-4-3-5-17(18)22(27)28/h3-10,15H,11-14H2,1-2H3,(H,23,26)(H,27,28)/b10-8+. The third-order valence-corrected chi connectivity index (χ3v) is 4.89. The number of carbonyl (C=O) groups excluding carboxylic acids is 1. The summed E-state index contributed by atoms with van der Waals surface area (Å²) in [6, 6.07) is 12.1. The van der Waals surface area contributed by atoms with Crippen LogP contribution in [-0.2, 0) is 4.79 Å². The first-order chi connectivity index (χ1) is 14.0. The van der Waals surface area contributed by atoms with Crippen LogP contribution in [0.2, 0.25) is 0 Å². The summed E-state index contributed by atoms with van der Waals surface area (Å²) >= 11 is 0. The van der Waals surface area contributed by atoms with E-state index < -0.39 is 11.9 Å². The molecule has 1 aliphatic rings. The Labute approximate surface area is 170 Å². The fraction of sp³-hybridized carbons (Fsp3) is 0.273. The van der Waals surface area contributed by atoms with Crippen LogP contribution in [0.5, 0.6) is 5.75 Å². The van der Waals surface area contributed by atoms with Gasteiger partial charge in [0, 0.05) is 32.3 Å². The quantitative estimate of drug-likeness (QED) is 0.732. The highest BCUT2D eigenvalue weighted by Crippen LogP contribution is 2.30. The average molecular weight is 395 g/mol. The highest BCUT2D eigenvalue weighted by Gasteiger charge is 2.17. The number of hydrogen-bond acceptors (Lipinski definition) is 5. The van der Waals surface area contributed by atoms with E-state index in [9.17, 15) is 14.7 Å². The number of rotatable bonds is 6. The lowest BCUT2D eigenvalue weighted by molar-refractivity contribution is -0.111. The highest BCUT2D eigenvalue weighted by molar-refractivity contribution is 6.06. The first-order valence-electron chi connectivity index (χ1n) is 9.41. The van der Waals surface area contributed by atoms with Crippen LogP contribution in [0.25, 0.3) is 6.08 Å². The van der Waals surface area contributed by atoms with Gasteiger partial charge in [-0.05, 0) is 43.0 Å². The second kappa shape index (κ2) is 9.25. The lowest BCUT2D eigenvalue weighted by Crippen LogP contribution is -2.44. The number of nitrogens with one attached hydrogen (secondary N) is 1. The van der Waals surface area contributed by atoms with Crippen molar-refractivity contribution in [1.82, 2.24) is 4.90 Å². The molecule has 0 spiro atoms. The Balaban J connectivity index is 1.70. The van der Waals surface area contributed by atoms with Crippen LogP contribution in [0.4, 0.5) is 11.4 Å². The minimum atomic E-state index is -1.09. The van der Waals surface area contributed by atoms with Crippen molar-refractivity contribution in [2.45, 2.75) is 0 Å². The number of ether oxygens (including phenoxy) is 1. The van der Waals surface area contributed by atoms with Gasteiger partial charge in [0.1, 0.15) is 5.75 Å². The lowest BCUT2D eigenvalue weighted by atomic mass is 10.1. The minimum Gasteiger partial charge on any atom is -0.495 e. The van der Waals surface area contributed by atoms with E-state index in [-0.39, 0.29) is 11.3 Å². The van der Waals surface area contributed by atoms with Gasteiger partial charge in [-0.2, -0.15) is 0 Å². The Morgan fingerprint density at radius 2 is 1.83 bits per heavy atom. The van der Waals surface area contributed by atoms with Gasteiger partial charge in [-0.15, -0.1) is 0 Å². The molecule has 0 unspecified atom stereocenters. The summed E-state index contributed by atoms with van der Waals surface area (Å²) in [4.78, 5) is 28.1. The fourth-order valence-electron chi connectivity index (χ4n) is 3.23. The number of piperazine rings is 1. The van der Waals surface area contributed by atoms with Crippen molar-refractivity contribution in [2.24, 2.45) is 0 Å². The number of benzene rings is 2. The zero-order valence-corrected chi connectivity index (χ0v) is 16.6. The van der Waals surface area contributed by atoms with E-state index in [2.05, 4.69) is 22.2 Å². The summed E-state index contributed by atoms with van der Waals surface area (Å²) in [5.41, 5.74) is 2.17. The van der Waals surface area contributed by atoms with E-state index in [0.717, 1.165) is 43.2 Å². The van der Waals surface area contributed by atoms with E-state index in [1.807, 2.05) is 18.2 Å². The number of carboxylic acids is 1. The Morgan fingerprint density at radius 3 is 2.52 bits per heavy atom. The van der Waals surface area contributed by atoms with Crippen molar-refractivity contribution in [2.75, 3.05) is 50.6 Å².